The quantitative estimate of drug-likeness (QED) is 0.879. The van der Waals surface area contributed by atoms with E-state index in [4.69, 9.17) is 4.42 Å². The second kappa shape index (κ2) is 6.79. The molecule has 1 atom stereocenters. The third-order valence-electron chi connectivity index (χ3n) is 4.06. The highest BCUT2D eigenvalue weighted by Crippen LogP contribution is 2.24. The molecule has 5 nitrogen and oxygen atoms in total. The molecule has 2 N–H and O–H groups in total. The molecule has 2 aliphatic rings. The van der Waals surface area contributed by atoms with Crippen LogP contribution in [-0.4, -0.2) is 43.6 Å². The molecule has 3 heterocycles. The summed E-state index contributed by atoms with van der Waals surface area (Å²) in [6, 6.07) is 4.36. The molecule has 1 saturated heterocycles. The molecule has 1 fully saturated rings. The number of nitrogens with one attached hydrogen (secondary N) is 2. The SMILES string of the molecule is c1coc(C(CNC2=NCCCN2)N2CCCCC2)c1. The minimum absolute atomic E-state index is 0.303. The van der Waals surface area contributed by atoms with E-state index in [-0.39, 0.29) is 0 Å². The van der Waals surface area contributed by atoms with Crippen molar-refractivity contribution in [3.63, 3.8) is 0 Å². The van der Waals surface area contributed by atoms with Crippen LogP contribution in [0.15, 0.2) is 27.8 Å². The van der Waals surface area contributed by atoms with Crippen molar-refractivity contribution >= 4 is 5.96 Å². The molecule has 0 bridgehead atoms. The molecule has 0 amide bonds. The van der Waals surface area contributed by atoms with Gasteiger partial charge in [-0.25, -0.2) is 0 Å². The number of hydrogen-bond acceptors (Lipinski definition) is 5. The van der Waals surface area contributed by atoms with Crippen molar-refractivity contribution in [3.8, 4) is 0 Å². The Kier molecular flexibility index (Phi) is 4.58. The maximum Gasteiger partial charge on any atom is 0.191 e. The van der Waals surface area contributed by atoms with Crippen molar-refractivity contribution < 1.29 is 4.42 Å². The molecule has 0 spiro atoms. The monoisotopic (exact) mass is 276 g/mol. The molecular formula is C15H24N4O. The number of hydrogen-bond donors (Lipinski definition) is 2. The lowest BCUT2D eigenvalue weighted by Gasteiger charge is -2.34. The lowest BCUT2D eigenvalue weighted by molar-refractivity contribution is 0.146. The second-order valence-corrected chi connectivity index (χ2v) is 5.52. The Morgan fingerprint density at radius 1 is 1.30 bits per heavy atom. The van der Waals surface area contributed by atoms with Crippen molar-refractivity contribution in [2.45, 2.75) is 31.7 Å². The van der Waals surface area contributed by atoms with E-state index < -0.39 is 0 Å². The second-order valence-electron chi connectivity index (χ2n) is 5.52. The third kappa shape index (κ3) is 3.33. The smallest absolute Gasteiger partial charge is 0.191 e. The van der Waals surface area contributed by atoms with E-state index in [9.17, 15) is 0 Å². The number of guanidine groups is 1. The van der Waals surface area contributed by atoms with Crippen LogP contribution in [-0.2, 0) is 0 Å². The predicted molar refractivity (Wildman–Crippen MR) is 79.8 cm³/mol. The highest BCUT2D eigenvalue weighted by Gasteiger charge is 2.24. The summed E-state index contributed by atoms with van der Waals surface area (Å²) in [6.45, 7) is 5.10. The lowest BCUT2D eigenvalue weighted by Crippen LogP contribution is -2.45. The van der Waals surface area contributed by atoms with Gasteiger partial charge >= 0.3 is 0 Å². The van der Waals surface area contributed by atoms with E-state index in [1.54, 1.807) is 6.26 Å². The summed E-state index contributed by atoms with van der Waals surface area (Å²) in [7, 11) is 0. The van der Waals surface area contributed by atoms with Gasteiger partial charge in [0.25, 0.3) is 0 Å². The Morgan fingerprint density at radius 2 is 2.20 bits per heavy atom. The molecule has 5 heteroatoms. The van der Waals surface area contributed by atoms with Crippen molar-refractivity contribution in [2.24, 2.45) is 4.99 Å². The van der Waals surface area contributed by atoms with Crippen LogP contribution in [0.1, 0.15) is 37.5 Å². The van der Waals surface area contributed by atoms with Gasteiger partial charge in [-0.1, -0.05) is 6.42 Å². The minimum atomic E-state index is 0.303. The zero-order valence-corrected chi connectivity index (χ0v) is 12.0. The number of aliphatic imine (C=N–C) groups is 1. The van der Waals surface area contributed by atoms with Crippen LogP contribution in [0.5, 0.6) is 0 Å². The lowest BCUT2D eigenvalue weighted by atomic mass is 10.1. The Morgan fingerprint density at radius 3 is 2.90 bits per heavy atom. The van der Waals surface area contributed by atoms with E-state index in [0.29, 0.717) is 6.04 Å². The largest absolute Gasteiger partial charge is 0.468 e. The molecule has 1 aromatic heterocycles. The summed E-state index contributed by atoms with van der Waals surface area (Å²) in [5.41, 5.74) is 0. The number of furan rings is 1. The molecule has 0 aliphatic carbocycles. The van der Waals surface area contributed by atoms with Gasteiger partial charge in [0.1, 0.15) is 5.76 Å². The highest BCUT2D eigenvalue weighted by atomic mass is 16.3. The molecule has 1 aromatic rings. The van der Waals surface area contributed by atoms with Gasteiger partial charge in [-0.05, 0) is 44.5 Å². The van der Waals surface area contributed by atoms with Crippen LogP contribution in [0.2, 0.25) is 0 Å². The van der Waals surface area contributed by atoms with Gasteiger partial charge in [0.15, 0.2) is 5.96 Å². The van der Waals surface area contributed by atoms with Gasteiger partial charge in [-0.2, -0.15) is 0 Å². The Hall–Kier alpha value is -1.49. The average Bonchev–Trinajstić information content (AvgIpc) is 3.04. The van der Waals surface area contributed by atoms with Gasteiger partial charge in [0.2, 0.25) is 0 Å². The maximum absolute atomic E-state index is 5.65. The van der Waals surface area contributed by atoms with Crippen LogP contribution in [0.4, 0.5) is 0 Å². The Bertz CT molecular complexity index is 423. The highest BCUT2D eigenvalue weighted by molar-refractivity contribution is 5.80. The molecule has 0 saturated carbocycles. The molecule has 1 unspecified atom stereocenters. The maximum atomic E-state index is 5.65. The molecule has 20 heavy (non-hydrogen) atoms. The zero-order valence-electron chi connectivity index (χ0n) is 12.0. The van der Waals surface area contributed by atoms with Gasteiger partial charge in [0.05, 0.1) is 12.3 Å². The van der Waals surface area contributed by atoms with E-state index in [2.05, 4.69) is 26.6 Å². The topological polar surface area (TPSA) is 52.8 Å². The van der Waals surface area contributed by atoms with E-state index >= 15 is 0 Å². The van der Waals surface area contributed by atoms with Gasteiger partial charge in [-0.15, -0.1) is 0 Å². The number of rotatable bonds is 4. The van der Waals surface area contributed by atoms with Crippen molar-refractivity contribution in [1.29, 1.82) is 0 Å². The first-order valence-electron chi connectivity index (χ1n) is 7.73. The van der Waals surface area contributed by atoms with Crippen LogP contribution >= 0.6 is 0 Å². The standard InChI is InChI=1S/C15H24N4O/c1-2-9-19(10-3-1)13(14-6-4-11-20-14)12-18-15-16-7-5-8-17-15/h4,6,11,13H,1-3,5,7-10,12H2,(H2,16,17,18). The fourth-order valence-electron chi connectivity index (χ4n) is 2.96. The van der Waals surface area contributed by atoms with Crippen LogP contribution in [0.25, 0.3) is 0 Å². The van der Waals surface area contributed by atoms with Gasteiger partial charge in [0, 0.05) is 19.6 Å². The number of likely N-dealkylation sites (tertiary alicyclic amines) is 1. The summed E-state index contributed by atoms with van der Waals surface area (Å²) >= 11 is 0. The van der Waals surface area contributed by atoms with Crippen LogP contribution < -0.4 is 10.6 Å². The van der Waals surface area contributed by atoms with Gasteiger partial charge in [-0.3, -0.25) is 9.89 Å². The third-order valence-corrected chi connectivity index (χ3v) is 4.06. The molecule has 0 radical (unpaired) electrons. The summed E-state index contributed by atoms with van der Waals surface area (Å²) in [6.07, 6.45) is 6.82. The predicted octanol–water partition coefficient (Wildman–Crippen LogP) is 1.75. The van der Waals surface area contributed by atoms with Crippen molar-refractivity contribution in [2.75, 3.05) is 32.7 Å². The van der Waals surface area contributed by atoms with E-state index in [1.807, 2.05) is 6.07 Å². The fraction of sp³-hybridized carbons (Fsp3) is 0.667. The van der Waals surface area contributed by atoms with Crippen LogP contribution in [0.3, 0.4) is 0 Å². The first kappa shape index (κ1) is 13.5. The minimum Gasteiger partial charge on any atom is -0.468 e. The van der Waals surface area contributed by atoms with Crippen LogP contribution in [0, 0.1) is 0 Å². The first-order chi connectivity index (χ1) is 9.93. The zero-order chi connectivity index (χ0) is 13.6. The van der Waals surface area contributed by atoms with Crippen molar-refractivity contribution in [1.82, 2.24) is 15.5 Å². The first-order valence-corrected chi connectivity index (χ1v) is 7.73. The number of nitrogens with zero attached hydrogens (tertiary/aromatic N) is 2. The molecule has 3 rings (SSSR count). The van der Waals surface area contributed by atoms with E-state index in [0.717, 1.165) is 50.9 Å². The average molecular weight is 276 g/mol. The van der Waals surface area contributed by atoms with Crippen molar-refractivity contribution in [3.05, 3.63) is 24.2 Å². The Labute approximate surface area is 120 Å². The number of piperidine rings is 1. The molecular weight excluding hydrogens is 252 g/mol. The summed E-state index contributed by atoms with van der Waals surface area (Å²) in [5.74, 6) is 1.99. The fourth-order valence-corrected chi connectivity index (χ4v) is 2.96. The molecule has 110 valence electrons. The molecule has 2 aliphatic heterocycles. The summed E-state index contributed by atoms with van der Waals surface area (Å²) in [4.78, 5) is 7.00. The molecule has 0 aromatic carbocycles. The Balaban J connectivity index is 1.64. The van der Waals surface area contributed by atoms with E-state index in [1.165, 1.54) is 19.3 Å². The summed E-state index contributed by atoms with van der Waals surface area (Å²) < 4.78 is 5.65. The van der Waals surface area contributed by atoms with Gasteiger partial charge < -0.3 is 15.1 Å². The summed E-state index contributed by atoms with van der Waals surface area (Å²) in [5, 5.41) is 6.76. The normalized spacial score (nSPS) is 21.9.